The molecule has 1 aromatic rings. The second-order valence-corrected chi connectivity index (χ2v) is 3.73. The van der Waals surface area contributed by atoms with Crippen LogP contribution in [-0.2, 0) is 11.0 Å². The normalized spacial score (nSPS) is 16.9. The van der Waals surface area contributed by atoms with Crippen LogP contribution in [0.25, 0.3) is 0 Å². The first-order chi connectivity index (χ1) is 7.48. The average molecular weight is 229 g/mol. The van der Waals surface area contributed by atoms with Crippen LogP contribution in [0.15, 0.2) is 24.3 Å². The molecule has 0 spiro atoms. The predicted molar refractivity (Wildman–Crippen MR) is 53.3 cm³/mol. The number of ketones is 1. The van der Waals surface area contributed by atoms with Crippen LogP contribution in [-0.4, -0.2) is 18.9 Å². The number of alkyl halides is 3. The average Bonchev–Trinajstić information content (AvgIpc) is 2.64. The minimum atomic E-state index is -4.37. The molecule has 86 valence electrons. The van der Waals surface area contributed by atoms with Crippen molar-refractivity contribution >= 4 is 11.5 Å². The second kappa shape index (κ2) is 3.81. The quantitative estimate of drug-likeness (QED) is 0.737. The molecule has 0 unspecified atom stereocenters. The van der Waals surface area contributed by atoms with Gasteiger partial charge in [0.2, 0.25) is 0 Å². The number of halogens is 3. The number of anilines is 1. The Hall–Kier alpha value is -1.52. The third-order valence-electron chi connectivity index (χ3n) is 2.58. The minimum Gasteiger partial charge on any atom is -0.363 e. The van der Waals surface area contributed by atoms with Crippen molar-refractivity contribution in [1.29, 1.82) is 0 Å². The molecule has 0 aliphatic carbocycles. The van der Waals surface area contributed by atoms with E-state index in [1.54, 1.807) is 6.07 Å². The fourth-order valence-corrected chi connectivity index (χ4v) is 1.83. The van der Waals surface area contributed by atoms with Gasteiger partial charge in [-0.3, -0.25) is 4.79 Å². The molecule has 1 saturated heterocycles. The zero-order valence-electron chi connectivity index (χ0n) is 8.42. The number of rotatable bonds is 1. The first kappa shape index (κ1) is 11.0. The first-order valence-corrected chi connectivity index (χ1v) is 4.91. The number of Topliss-reactive ketones (excluding diaryl/α,β-unsaturated/α-hetero) is 1. The summed E-state index contributed by atoms with van der Waals surface area (Å²) in [6, 6.07) is 5.34. The molecule has 0 atom stereocenters. The molecule has 1 aromatic carbocycles. The molecule has 2 rings (SSSR count). The van der Waals surface area contributed by atoms with Crippen molar-refractivity contribution in [2.45, 2.75) is 12.6 Å². The molecule has 1 heterocycles. The summed E-state index contributed by atoms with van der Waals surface area (Å²) in [4.78, 5) is 12.5. The van der Waals surface area contributed by atoms with E-state index in [1.165, 1.54) is 17.0 Å². The summed E-state index contributed by atoms with van der Waals surface area (Å²) >= 11 is 0. The molecule has 0 N–H and O–H groups in total. The maximum Gasteiger partial charge on any atom is 0.418 e. The molecule has 0 radical (unpaired) electrons. The van der Waals surface area contributed by atoms with E-state index in [0.717, 1.165) is 6.07 Å². The number of carbonyl (C=O) groups is 1. The lowest BCUT2D eigenvalue weighted by molar-refractivity contribution is -0.137. The lowest BCUT2D eigenvalue weighted by atomic mass is 10.1. The lowest BCUT2D eigenvalue weighted by Gasteiger charge is -2.21. The van der Waals surface area contributed by atoms with Crippen LogP contribution in [0.1, 0.15) is 12.0 Å². The lowest BCUT2D eigenvalue weighted by Crippen LogP contribution is -2.23. The van der Waals surface area contributed by atoms with Crippen molar-refractivity contribution in [3.63, 3.8) is 0 Å². The zero-order chi connectivity index (χ0) is 11.8. The Bertz CT molecular complexity index is 414. The van der Waals surface area contributed by atoms with Crippen LogP contribution in [0.4, 0.5) is 18.9 Å². The number of para-hydroxylation sites is 1. The summed E-state index contributed by atoms with van der Waals surface area (Å²) in [7, 11) is 0. The highest BCUT2D eigenvalue weighted by Crippen LogP contribution is 2.37. The number of carbonyl (C=O) groups excluding carboxylic acids is 1. The van der Waals surface area contributed by atoms with Gasteiger partial charge in [0.05, 0.1) is 12.1 Å². The molecule has 5 heteroatoms. The second-order valence-electron chi connectivity index (χ2n) is 3.73. The largest absolute Gasteiger partial charge is 0.418 e. The van der Waals surface area contributed by atoms with Gasteiger partial charge in [0, 0.05) is 18.7 Å². The Morgan fingerprint density at radius 2 is 1.88 bits per heavy atom. The van der Waals surface area contributed by atoms with Crippen molar-refractivity contribution in [3.05, 3.63) is 29.8 Å². The summed E-state index contributed by atoms with van der Waals surface area (Å²) < 4.78 is 38.1. The highest BCUT2D eigenvalue weighted by molar-refractivity contribution is 5.87. The van der Waals surface area contributed by atoms with Crippen molar-refractivity contribution in [2.24, 2.45) is 0 Å². The van der Waals surface area contributed by atoms with Gasteiger partial charge in [-0.25, -0.2) is 0 Å². The van der Waals surface area contributed by atoms with Crippen molar-refractivity contribution in [3.8, 4) is 0 Å². The smallest absolute Gasteiger partial charge is 0.363 e. The highest BCUT2D eigenvalue weighted by atomic mass is 19.4. The van der Waals surface area contributed by atoms with Gasteiger partial charge in [0.1, 0.15) is 0 Å². The van der Waals surface area contributed by atoms with Gasteiger partial charge in [-0.2, -0.15) is 13.2 Å². The van der Waals surface area contributed by atoms with Gasteiger partial charge in [-0.1, -0.05) is 12.1 Å². The van der Waals surface area contributed by atoms with Crippen LogP contribution in [0.2, 0.25) is 0 Å². The van der Waals surface area contributed by atoms with E-state index in [0.29, 0.717) is 13.0 Å². The van der Waals surface area contributed by atoms with Gasteiger partial charge in [0.25, 0.3) is 0 Å². The molecule has 0 saturated carbocycles. The topological polar surface area (TPSA) is 20.3 Å². The molecular weight excluding hydrogens is 219 g/mol. The highest BCUT2D eigenvalue weighted by Gasteiger charge is 2.35. The number of hydrogen-bond donors (Lipinski definition) is 0. The summed E-state index contributed by atoms with van der Waals surface area (Å²) in [6.07, 6.45) is -4.05. The van der Waals surface area contributed by atoms with Gasteiger partial charge < -0.3 is 4.90 Å². The zero-order valence-corrected chi connectivity index (χ0v) is 8.42. The summed E-state index contributed by atoms with van der Waals surface area (Å²) in [5.41, 5.74) is -0.578. The van der Waals surface area contributed by atoms with E-state index in [9.17, 15) is 18.0 Å². The number of hydrogen-bond acceptors (Lipinski definition) is 2. The molecule has 1 fully saturated rings. The third kappa shape index (κ3) is 2.03. The Morgan fingerprint density at radius 3 is 2.44 bits per heavy atom. The molecule has 1 aliphatic rings. The molecular formula is C11H10F3NO. The van der Waals surface area contributed by atoms with Gasteiger partial charge in [-0.15, -0.1) is 0 Å². The fourth-order valence-electron chi connectivity index (χ4n) is 1.83. The van der Waals surface area contributed by atoms with Crippen LogP contribution in [0, 0.1) is 0 Å². The summed E-state index contributed by atoms with van der Waals surface area (Å²) in [5.74, 6) is -0.0167. The van der Waals surface area contributed by atoms with E-state index in [-0.39, 0.29) is 18.0 Å². The third-order valence-corrected chi connectivity index (χ3v) is 2.58. The van der Waals surface area contributed by atoms with Crippen LogP contribution in [0.3, 0.4) is 0 Å². The minimum absolute atomic E-state index is 0.0167. The SMILES string of the molecule is O=C1CCN(c2ccccc2C(F)(F)F)C1. The van der Waals surface area contributed by atoms with Crippen LogP contribution < -0.4 is 4.90 Å². The van der Waals surface area contributed by atoms with Crippen molar-refractivity contribution in [1.82, 2.24) is 0 Å². The maximum atomic E-state index is 12.7. The van der Waals surface area contributed by atoms with E-state index >= 15 is 0 Å². The van der Waals surface area contributed by atoms with E-state index in [2.05, 4.69) is 0 Å². The number of benzene rings is 1. The molecule has 16 heavy (non-hydrogen) atoms. The van der Waals surface area contributed by atoms with E-state index in [4.69, 9.17) is 0 Å². The maximum absolute atomic E-state index is 12.7. The molecule has 1 aliphatic heterocycles. The Labute approximate surface area is 90.7 Å². The fraction of sp³-hybridized carbons (Fsp3) is 0.364. The Balaban J connectivity index is 2.37. The molecule has 0 bridgehead atoms. The summed E-state index contributed by atoms with van der Waals surface area (Å²) in [6.45, 7) is 0.443. The molecule has 2 nitrogen and oxygen atoms in total. The molecule has 0 aromatic heterocycles. The summed E-state index contributed by atoms with van der Waals surface area (Å²) in [5, 5.41) is 0. The van der Waals surface area contributed by atoms with E-state index < -0.39 is 11.7 Å². The molecule has 0 amide bonds. The van der Waals surface area contributed by atoms with Crippen molar-refractivity contribution in [2.75, 3.05) is 18.0 Å². The standard InChI is InChI=1S/C11H10F3NO/c12-11(13,14)9-3-1-2-4-10(9)15-6-5-8(16)7-15/h1-4H,5-7H2. The number of nitrogens with zero attached hydrogens (tertiary/aromatic N) is 1. The van der Waals surface area contributed by atoms with Gasteiger partial charge >= 0.3 is 6.18 Å². The van der Waals surface area contributed by atoms with E-state index in [1.807, 2.05) is 0 Å². The monoisotopic (exact) mass is 229 g/mol. The van der Waals surface area contributed by atoms with Crippen molar-refractivity contribution < 1.29 is 18.0 Å². The first-order valence-electron chi connectivity index (χ1n) is 4.91. The van der Waals surface area contributed by atoms with Gasteiger partial charge in [-0.05, 0) is 12.1 Å². The van der Waals surface area contributed by atoms with Gasteiger partial charge in [0.15, 0.2) is 5.78 Å². The van der Waals surface area contributed by atoms with Crippen LogP contribution >= 0.6 is 0 Å². The van der Waals surface area contributed by atoms with Crippen LogP contribution in [0.5, 0.6) is 0 Å². The predicted octanol–water partition coefficient (Wildman–Crippen LogP) is 2.48. The Morgan fingerprint density at radius 1 is 1.19 bits per heavy atom. The Kier molecular flexibility index (Phi) is 2.61.